The van der Waals surface area contributed by atoms with Crippen LogP contribution >= 0.6 is 0 Å². The molecule has 0 unspecified atom stereocenters. The van der Waals surface area contributed by atoms with Crippen molar-refractivity contribution in [3.8, 4) is 11.5 Å². The fourth-order valence-electron chi connectivity index (χ4n) is 2.97. The highest BCUT2D eigenvalue weighted by molar-refractivity contribution is 5.69. The summed E-state index contributed by atoms with van der Waals surface area (Å²) < 4.78 is 5.36. The van der Waals surface area contributed by atoms with E-state index in [4.69, 9.17) is 4.52 Å². The lowest BCUT2D eigenvalue weighted by molar-refractivity contribution is 0.254. The zero-order valence-electron chi connectivity index (χ0n) is 14.8. The van der Waals surface area contributed by atoms with E-state index in [2.05, 4.69) is 43.9 Å². The molecule has 3 rings (SSSR count). The summed E-state index contributed by atoms with van der Waals surface area (Å²) in [5.74, 6) is 2.13. The quantitative estimate of drug-likeness (QED) is 0.823. The van der Waals surface area contributed by atoms with Crippen molar-refractivity contribution in [3.05, 3.63) is 24.2 Å². The minimum Gasteiger partial charge on any atom is -0.355 e. The van der Waals surface area contributed by atoms with Gasteiger partial charge in [-0.25, -0.2) is 4.98 Å². The maximum absolute atomic E-state index is 5.36. The average Bonchev–Trinajstić information content (AvgIpc) is 2.87. The SMILES string of the molecule is Cc1noc(-c2cccnc2N2CCCN(CCN(C)C)CC2)n1. The summed E-state index contributed by atoms with van der Waals surface area (Å²) in [6.45, 7) is 8.17. The maximum atomic E-state index is 5.36. The predicted molar refractivity (Wildman–Crippen MR) is 94.1 cm³/mol. The molecule has 7 heteroatoms. The van der Waals surface area contributed by atoms with E-state index in [1.54, 1.807) is 0 Å². The van der Waals surface area contributed by atoms with Crippen LogP contribution in [0.1, 0.15) is 12.2 Å². The lowest BCUT2D eigenvalue weighted by atomic mass is 10.2. The third-order valence-electron chi connectivity index (χ3n) is 4.30. The smallest absolute Gasteiger partial charge is 0.261 e. The van der Waals surface area contributed by atoms with Crippen molar-refractivity contribution in [2.24, 2.45) is 0 Å². The second kappa shape index (κ2) is 7.72. The van der Waals surface area contributed by atoms with E-state index >= 15 is 0 Å². The Morgan fingerprint density at radius 2 is 2.08 bits per heavy atom. The standard InChI is InChI=1S/C17H26N6O/c1-14-19-17(24-20-14)15-6-4-7-18-16(15)23-9-5-8-22(12-13-23)11-10-21(2)3/h4,6-7H,5,8-13H2,1-3H3. The molecule has 1 aliphatic rings. The van der Waals surface area contributed by atoms with E-state index in [1.807, 2.05) is 25.3 Å². The van der Waals surface area contributed by atoms with Crippen LogP contribution < -0.4 is 4.90 Å². The number of anilines is 1. The van der Waals surface area contributed by atoms with Gasteiger partial charge in [0.15, 0.2) is 5.82 Å². The van der Waals surface area contributed by atoms with Gasteiger partial charge in [-0.05, 0) is 46.1 Å². The predicted octanol–water partition coefficient (Wildman–Crippen LogP) is 1.51. The first-order chi connectivity index (χ1) is 11.6. The van der Waals surface area contributed by atoms with Crippen molar-refractivity contribution >= 4 is 5.82 Å². The molecule has 0 bridgehead atoms. The van der Waals surface area contributed by atoms with Crippen molar-refractivity contribution in [2.75, 3.05) is 58.3 Å². The molecular formula is C17H26N6O. The van der Waals surface area contributed by atoms with Crippen LogP contribution in [0.5, 0.6) is 0 Å². The average molecular weight is 330 g/mol. The summed E-state index contributed by atoms with van der Waals surface area (Å²) >= 11 is 0. The van der Waals surface area contributed by atoms with Gasteiger partial charge in [0.25, 0.3) is 5.89 Å². The molecular weight excluding hydrogens is 304 g/mol. The van der Waals surface area contributed by atoms with E-state index in [-0.39, 0.29) is 0 Å². The lowest BCUT2D eigenvalue weighted by Gasteiger charge is -2.24. The number of nitrogens with zero attached hydrogens (tertiary/aromatic N) is 6. The molecule has 0 N–H and O–H groups in total. The van der Waals surface area contributed by atoms with E-state index in [0.29, 0.717) is 11.7 Å². The summed E-state index contributed by atoms with van der Waals surface area (Å²) in [4.78, 5) is 16.1. The zero-order valence-corrected chi connectivity index (χ0v) is 14.8. The number of likely N-dealkylation sites (N-methyl/N-ethyl adjacent to an activating group) is 1. The number of hydrogen-bond donors (Lipinski definition) is 0. The highest BCUT2D eigenvalue weighted by atomic mass is 16.5. The largest absolute Gasteiger partial charge is 0.355 e. The van der Waals surface area contributed by atoms with Gasteiger partial charge in [0.05, 0.1) is 5.56 Å². The van der Waals surface area contributed by atoms with Crippen molar-refractivity contribution < 1.29 is 4.52 Å². The first-order valence-electron chi connectivity index (χ1n) is 8.51. The molecule has 1 saturated heterocycles. The first kappa shape index (κ1) is 16.9. The van der Waals surface area contributed by atoms with Gasteiger partial charge in [0.2, 0.25) is 0 Å². The van der Waals surface area contributed by atoms with Crippen LogP contribution in [0.2, 0.25) is 0 Å². The number of rotatable bonds is 5. The Hall–Kier alpha value is -1.99. The zero-order chi connectivity index (χ0) is 16.9. The summed E-state index contributed by atoms with van der Waals surface area (Å²) in [7, 11) is 4.24. The van der Waals surface area contributed by atoms with Crippen LogP contribution in [0.15, 0.2) is 22.9 Å². The molecule has 1 fully saturated rings. The van der Waals surface area contributed by atoms with Crippen LogP contribution in [0.25, 0.3) is 11.5 Å². The van der Waals surface area contributed by atoms with Crippen molar-refractivity contribution in [1.82, 2.24) is 24.9 Å². The molecule has 2 aromatic rings. The third-order valence-corrected chi connectivity index (χ3v) is 4.30. The van der Waals surface area contributed by atoms with E-state index in [1.165, 1.54) is 0 Å². The summed E-state index contributed by atoms with van der Waals surface area (Å²) in [6.07, 6.45) is 2.96. The van der Waals surface area contributed by atoms with E-state index in [9.17, 15) is 0 Å². The Labute approximate surface area is 143 Å². The molecule has 7 nitrogen and oxygen atoms in total. The number of aryl methyl sites for hydroxylation is 1. The Kier molecular flexibility index (Phi) is 5.42. The molecule has 2 aromatic heterocycles. The third kappa shape index (κ3) is 4.10. The van der Waals surface area contributed by atoms with Gasteiger partial charge >= 0.3 is 0 Å². The molecule has 0 radical (unpaired) electrons. The molecule has 0 aliphatic carbocycles. The van der Waals surface area contributed by atoms with Crippen LogP contribution in [0.4, 0.5) is 5.82 Å². The topological polar surface area (TPSA) is 61.5 Å². The Morgan fingerprint density at radius 3 is 2.83 bits per heavy atom. The molecule has 0 atom stereocenters. The first-order valence-corrected chi connectivity index (χ1v) is 8.51. The van der Waals surface area contributed by atoms with Gasteiger partial charge in [-0.2, -0.15) is 4.98 Å². The normalized spacial score (nSPS) is 16.6. The van der Waals surface area contributed by atoms with E-state index < -0.39 is 0 Å². The fraction of sp³-hybridized carbons (Fsp3) is 0.588. The fourth-order valence-corrected chi connectivity index (χ4v) is 2.97. The van der Waals surface area contributed by atoms with Crippen LogP contribution in [0, 0.1) is 6.92 Å². The van der Waals surface area contributed by atoms with Gasteiger partial charge in [-0.15, -0.1) is 0 Å². The summed E-state index contributed by atoms with van der Waals surface area (Å²) in [5, 5.41) is 3.91. The molecule has 0 saturated carbocycles. The molecule has 24 heavy (non-hydrogen) atoms. The van der Waals surface area contributed by atoms with E-state index in [0.717, 1.165) is 57.1 Å². The Morgan fingerprint density at radius 1 is 1.21 bits per heavy atom. The monoisotopic (exact) mass is 330 g/mol. The minimum atomic E-state index is 0.546. The second-order valence-electron chi connectivity index (χ2n) is 6.51. The van der Waals surface area contributed by atoms with Crippen molar-refractivity contribution in [3.63, 3.8) is 0 Å². The van der Waals surface area contributed by atoms with Gasteiger partial charge in [0.1, 0.15) is 5.82 Å². The van der Waals surface area contributed by atoms with Gasteiger partial charge in [-0.3, -0.25) is 0 Å². The second-order valence-corrected chi connectivity index (χ2v) is 6.51. The number of hydrogen-bond acceptors (Lipinski definition) is 7. The van der Waals surface area contributed by atoms with Crippen LogP contribution in [-0.2, 0) is 0 Å². The molecule has 130 valence electrons. The van der Waals surface area contributed by atoms with Crippen LogP contribution in [-0.4, -0.2) is 78.3 Å². The molecule has 0 aromatic carbocycles. The molecule has 1 aliphatic heterocycles. The Balaban J connectivity index is 1.73. The summed E-state index contributed by atoms with van der Waals surface area (Å²) in [5.41, 5.74) is 0.917. The number of aromatic nitrogens is 3. The highest BCUT2D eigenvalue weighted by Crippen LogP contribution is 2.28. The lowest BCUT2D eigenvalue weighted by Crippen LogP contribution is -2.35. The van der Waals surface area contributed by atoms with Gasteiger partial charge < -0.3 is 19.2 Å². The number of pyridine rings is 1. The van der Waals surface area contributed by atoms with Crippen molar-refractivity contribution in [1.29, 1.82) is 0 Å². The Bertz CT molecular complexity index is 656. The molecule has 3 heterocycles. The van der Waals surface area contributed by atoms with Crippen LogP contribution in [0.3, 0.4) is 0 Å². The molecule has 0 spiro atoms. The highest BCUT2D eigenvalue weighted by Gasteiger charge is 2.21. The van der Waals surface area contributed by atoms with Crippen molar-refractivity contribution in [2.45, 2.75) is 13.3 Å². The molecule has 0 amide bonds. The summed E-state index contributed by atoms with van der Waals surface area (Å²) in [6, 6.07) is 3.92. The van der Waals surface area contributed by atoms with Gasteiger partial charge in [0, 0.05) is 38.9 Å². The maximum Gasteiger partial charge on any atom is 0.261 e. The minimum absolute atomic E-state index is 0.546. The van der Waals surface area contributed by atoms with Gasteiger partial charge in [-0.1, -0.05) is 5.16 Å².